The van der Waals surface area contributed by atoms with Gasteiger partial charge in [0, 0.05) is 19.7 Å². The summed E-state index contributed by atoms with van der Waals surface area (Å²) in [7, 11) is 0. The Balaban J connectivity index is 1.90. The molecule has 1 aliphatic rings. The van der Waals surface area contributed by atoms with E-state index in [1.54, 1.807) is 11.0 Å². The first-order valence-electron chi connectivity index (χ1n) is 6.87. The minimum atomic E-state index is -0.0549. The molecule has 1 amide bonds. The SMILES string of the molecule is Cc1ccc(Cl)c(OCC(=O)N2CCCC(CO)C2)c1. The van der Waals surface area contributed by atoms with Crippen LogP contribution in [0, 0.1) is 12.8 Å². The Kier molecular flexibility index (Phi) is 5.26. The van der Waals surface area contributed by atoms with Crippen LogP contribution in [0.4, 0.5) is 0 Å². The second kappa shape index (κ2) is 6.95. The monoisotopic (exact) mass is 297 g/mol. The average molecular weight is 298 g/mol. The number of likely N-dealkylation sites (tertiary alicyclic amines) is 1. The third kappa shape index (κ3) is 3.87. The van der Waals surface area contributed by atoms with Gasteiger partial charge in [-0.05, 0) is 43.4 Å². The van der Waals surface area contributed by atoms with E-state index in [4.69, 9.17) is 16.3 Å². The lowest BCUT2D eigenvalue weighted by Gasteiger charge is -2.31. The minimum absolute atomic E-state index is 0.0126. The highest BCUT2D eigenvalue weighted by Gasteiger charge is 2.23. The number of hydrogen-bond acceptors (Lipinski definition) is 3. The predicted octanol–water partition coefficient (Wildman–Crippen LogP) is 2.26. The van der Waals surface area contributed by atoms with Crippen LogP contribution in [0.2, 0.25) is 5.02 Å². The Morgan fingerprint density at radius 3 is 3.10 bits per heavy atom. The summed E-state index contributed by atoms with van der Waals surface area (Å²) in [5.41, 5.74) is 1.04. The molecule has 4 nitrogen and oxygen atoms in total. The van der Waals surface area contributed by atoms with E-state index in [2.05, 4.69) is 0 Å². The number of aliphatic hydroxyl groups excluding tert-OH is 1. The first-order chi connectivity index (χ1) is 9.60. The molecule has 1 saturated heterocycles. The van der Waals surface area contributed by atoms with Crippen LogP contribution < -0.4 is 4.74 Å². The quantitative estimate of drug-likeness (QED) is 0.927. The van der Waals surface area contributed by atoms with Crippen molar-refractivity contribution in [3.8, 4) is 5.75 Å². The predicted molar refractivity (Wildman–Crippen MR) is 78.1 cm³/mol. The molecule has 1 N–H and O–H groups in total. The van der Waals surface area contributed by atoms with Gasteiger partial charge in [-0.25, -0.2) is 0 Å². The molecule has 1 fully saturated rings. The van der Waals surface area contributed by atoms with E-state index >= 15 is 0 Å². The lowest BCUT2D eigenvalue weighted by Crippen LogP contribution is -2.43. The van der Waals surface area contributed by atoms with Gasteiger partial charge in [-0.3, -0.25) is 4.79 Å². The van der Waals surface area contributed by atoms with Gasteiger partial charge in [0.05, 0.1) is 5.02 Å². The highest BCUT2D eigenvalue weighted by molar-refractivity contribution is 6.32. The zero-order valence-electron chi connectivity index (χ0n) is 11.6. The van der Waals surface area contributed by atoms with Gasteiger partial charge in [0.15, 0.2) is 6.61 Å². The number of rotatable bonds is 4. The number of aryl methyl sites for hydroxylation is 1. The first kappa shape index (κ1) is 15.1. The highest BCUT2D eigenvalue weighted by Crippen LogP contribution is 2.25. The molecule has 1 heterocycles. The number of aliphatic hydroxyl groups is 1. The molecule has 0 aliphatic carbocycles. The summed E-state index contributed by atoms with van der Waals surface area (Å²) < 4.78 is 5.52. The number of carbonyl (C=O) groups is 1. The number of amides is 1. The van der Waals surface area contributed by atoms with Gasteiger partial charge in [-0.1, -0.05) is 17.7 Å². The molecule has 0 aromatic heterocycles. The number of ether oxygens (including phenoxy) is 1. The third-order valence-electron chi connectivity index (χ3n) is 3.57. The maximum absolute atomic E-state index is 12.1. The Labute approximate surface area is 124 Å². The summed E-state index contributed by atoms with van der Waals surface area (Å²) >= 11 is 6.03. The molecule has 1 aromatic carbocycles. The van der Waals surface area contributed by atoms with E-state index in [1.807, 2.05) is 19.1 Å². The van der Waals surface area contributed by atoms with Crippen LogP contribution in [0.5, 0.6) is 5.75 Å². The van der Waals surface area contributed by atoms with E-state index in [0.29, 0.717) is 17.3 Å². The van der Waals surface area contributed by atoms with E-state index in [9.17, 15) is 9.90 Å². The van der Waals surface area contributed by atoms with Crippen LogP contribution in [0.25, 0.3) is 0 Å². The smallest absolute Gasteiger partial charge is 0.260 e. The van der Waals surface area contributed by atoms with Crippen molar-refractivity contribution in [2.45, 2.75) is 19.8 Å². The molecular weight excluding hydrogens is 278 g/mol. The van der Waals surface area contributed by atoms with Crippen molar-refractivity contribution in [3.05, 3.63) is 28.8 Å². The van der Waals surface area contributed by atoms with Crippen molar-refractivity contribution in [1.82, 2.24) is 4.90 Å². The Hall–Kier alpha value is -1.26. The summed E-state index contributed by atoms with van der Waals surface area (Å²) in [4.78, 5) is 13.9. The fourth-order valence-corrected chi connectivity index (χ4v) is 2.56. The van der Waals surface area contributed by atoms with E-state index in [1.165, 1.54) is 0 Å². The molecule has 5 heteroatoms. The number of piperidine rings is 1. The van der Waals surface area contributed by atoms with E-state index < -0.39 is 0 Å². The lowest BCUT2D eigenvalue weighted by atomic mass is 9.99. The summed E-state index contributed by atoms with van der Waals surface area (Å²) in [6.07, 6.45) is 1.91. The molecule has 1 aromatic rings. The normalized spacial score (nSPS) is 18.9. The molecule has 2 rings (SSSR count). The molecule has 0 bridgehead atoms. The van der Waals surface area contributed by atoms with Crippen LogP contribution in [0.15, 0.2) is 18.2 Å². The maximum Gasteiger partial charge on any atom is 0.260 e. The first-order valence-corrected chi connectivity index (χ1v) is 7.25. The van der Waals surface area contributed by atoms with Gasteiger partial charge in [0.1, 0.15) is 5.75 Å². The molecule has 0 saturated carbocycles. The third-order valence-corrected chi connectivity index (χ3v) is 3.88. The summed E-state index contributed by atoms with van der Waals surface area (Å²) in [6, 6.07) is 5.48. The van der Waals surface area contributed by atoms with Crippen LogP contribution in [-0.2, 0) is 4.79 Å². The van der Waals surface area contributed by atoms with Gasteiger partial charge < -0.3 is 14.7 Å². The molecule has 0 radical (unpaired) electrons. The Morgan fingerprint density at radius 2 is 2.35 bits per heavy atom. The summed E-state index contributed by atoms with van der Waals surface area (Å²) in [6.45, 7) is 3.41. The minimum Gasteiger partial charge on any atom is -0.482 e. The second-order valence-corrected chi connectivity index (χ2v) is 5.66. The van der Waals surface area contributed by atoms with Crippen molar-refractivity contribution in [1.29, 1.82) is 0 Å². The van der Waals surface area contributed by atoms with E-state index in [0.717, 1.165) is 24.9 Å². The van der Waals surface area contributed by atoms with Gasteiger partial charge in [0.2, 0.25) is 0 Å². The lowest BCUT2D eigenvalue weighted by molar-refractivity contribution is -0.135. The average Bonchev–Trinajstić information content (AvgIpc) is 2.48. The fraction of sp³-hybridized carbons (Fsp3) is 0.533. The zero-order chi connectivity index (χ0) is 14.5. The zero-order valence-corrected chi connectivity index (χ0v) is 12.4. The van der Waals surface area contributed by atoms with Crippen LogP contribution >= 0.6 is 11.6 Å². The number of benzene rings is 1. The topological polar surface area (TPSA) is 49.8 Å². The number of hydrogen-bond donors (Lipinski definition) is 1. The van der Waals surface area contributed by atoms with Crippen molar-refractivity contribution >= 4 is 17.5 Å². The van der Waals surface area contributed by atoms with Gasteiger partial charge >= 0.3 is 0 Å². The Morgan fingerprint density at radius 1 is 1.55 bits per heavy atom. The Bertz CT molecular complexity index is 478. The van der Waals surface area contributed by atoms with Gasteiger partial charge in [-0.15, -0.1) is 0 Å². The van der Waals surface area contributed by atoms with Crippen LogP contribution in [0.3, 0.4) is 0 Å². The number of halogens is 1. The largest absolute Gasteiger partial charge is 0.482 e. The summed E-state index contributed by atoms with van der Waals surface area (Å²) in [5.74, 6) is 0.673. The maximum atomic E-state index is 12.1. The van der Waals surface area contributed by atoms with Gasteiger partial charge in [-0.2, -0.15) is 0 Å². The molecule has 110 valence electrons. The van der Waals surface area contributed by atoms with Crippen molar-refractivity contribution in [3.63, 3.8) is 0 Å². The molecule has 0 spiro atoms. The molecular formula is C15H20ClNO3. The van der Waals surface area contributed by atoms with E-state index in [-0.39, 0.29) is 25.0 Å². The van der Waals surface area contributed by atoms with Crippen molar-refractivity contribution < 1.29 is 14.6 Å². The number of carbonyl (C=O) groups excluding carboxylic acids is 1. The summed E-state index contributed by atoms with van der Waals surface area (Å²) in [5, 5.41) is 9.69. The van der Waals surface area contributed by atoms with Crippen molar-refractivity contribution in [2.75, 3.05) is 26.3 Å². The van der Waals surface area contributed by atoms with Crippen LogP contribution in [0.1, 0.15) is 18.4 Å². The second-order valence-electron chi connectivity index (χ2n) is 5.25. The number of nitrogens with zero attached hydrogens (tertiary/aromatic N) is 1. The molecule has 1 atom stereocenters. The fourth-order valence-electron chi connectivity index (χ4n) is 2.39. The molecule has 1 aliphatic heterocycles. The standard InChI is InChI=1S/C15H20ClNO3/c1-11-4-5-13(16)14(7-11)20-10-15(19)17-6-2-3-12(8-17)9-18/h4-5,7,12,18H,2-3,6,8-10H2,1H3. The molecule has 20 heavy (non-hydrogen) atoms. The molecule has 1 unspecified atom stereocenters. The van der Waals surface area contributed by atoms with Crippen LogP contribution in [-0.4, -0.2) is 42.2 Å². The highest BCUT2D eigenvalue weighted by atomic mass is 35.5. The van der Waals surface area contributed by atoms with Crippen molar-refractivity contribution in [2.24, 2.45) is 5.92 Å². The van der Waals surface area contributed by atoms with Gasteiger partial charge in [0.25, 0.3) is 5.91 Å².